The number of hydrogen-bond donors (Lipinski definition) is 0. The van der Waals surface area contributed by atoms with Gasteiger partial charge in [-0.2, -0.15) is 0 Å². The average molecular weight is 304 g/mol. The molecular weight excluding hydrogens is 288 g/mol. The highest BCUT2D eigenvalue weighted by molar-refractivity contribution is 5.68. The predicted octanol–water partition coefficient (Wildman–Crippen LogP) is 4.49. The van der Waals surface area contributed by atoms with Gasteiger partial charge in [-0.1, -0.05) is 48.5 Å². The summed E-state index contributed by atoms with van der Waals surface area (Å²) in [5.41, 5.74) is 1.80. The Morgan fingerprint density at radius 1 is 0.913 bits per heavy atom. The molecule has 3 heteroatoms. The van der Waals surface area contributed by atoms with E-state index in [-0.39, 0.29) is 5.43 Å². The second-order valence-electron chi connectivity index (χ2n) is 5.03. The molecule has 0 saturated carbocycles. The van der Waals surface area contributed by atoms with E-state index in [4.69, 9.17) is 9.15 Å². The zero-order valence-corrected chi connectivity index (χ0v) is 12.7. The second-order valence-corrected chi connectivity index (χ2v) is 5.03. The van der Waals surface area contributed by atoms with Crippen LogP contribution in [0.4, 0.5) is 0 Å². The van der Waals surface area contributed by atoms with E-state index in [9.17, 15) is 4.79 Å². The molecule has 23 heavy (non-hydrogen) atoms. The van der Waals surface area contributed by atoms with Gasteiger partial charge in [-0.05, 0) is 23.8 Å². The largest absolute Gasteiger partial charge is 0.497 e. The molecule has 0 unspecified atom stereocenters. The molecular formula is C20H16O3. The summed E-state index contributed by atoms with van der Waals surface area (Å²) in [5, 5.41) is 0. The van der Waals surface area contributed by atoms with Crippen LogP contribution in [0.2, 0.25) is 0 Å². The van der Waals surface area contributed by atoms with Crippen LogP contribution in [0.5, 0.6) is 5.75 Å². The van der Waals surface area contributed by atoms with Crippen LogP contribution in [-0.4, -0.2) is 7.11 Å². The standard InChI is InChI=1S/C20H16O3/c1-22-18-10-7-15(8-11-18)9-12-19-13-17(21)14-20(23-19)16-5-3-2-4-6-16/h2-14H,1H3/b12-9+. The molecule has 3 nitrogen and oxygen atoms in total. The Morgan fingerprint density at radius 2 is 1.65 bits per heavy atom. The van der Waals surface area contributed by atoms with Gasteiger partial charge in [0.1, 0.15) is 17.3 Å². The fourth-order valence-corrected chi connectivity index (χ4v) is 2.22. The zero-order valence-electron chi connectivity index (χ0n) is 12.7. The van der Waals surface area contributed by atoms with Gasteiger partial charge >= 0.3 is 0 Å². The highest BCUT2D eigenvalue weighted by atomic mass is 16.5. The van der Waals surface area contributed by atoms with Crippen molar-refractivity contribution in [1.82, 2.24) is 0 Å². The molecule has 0 aliphatic carbocycles. The van der Waals surface area contributed by atoms with E-state index in [2.05, 4.69) is 0 Å². The second kappa shape index (κ2) is 6.79. The van der Waals surface area contributed by atoms with Gasteiger partial charge in [-0.3, -0.25) is 4.79 Å². The quantitative estimate of drug-likeness (QED) is 0.713. The van der Waals surface area contributed by atoms with E-state index in [1.54, 1.807) is 13.2 Å². The van der Waals surface area contributed by atoms with Gasteiger partial charge < -0.3 is 9.15 Å². The van der Waals surface area contributed by atoms with Crippen molar-refractivity contribution in [2.75, 3.05) is 7.11 Å². The summed E-state index contributed by atoms with van der Waals surface area (Å²) in [6, 6.07) is 20.2. The van der Waals surface area contributed by atoms with Crippen molar-refractivity contribution in [2.24, 2.45) is 0 Å². The molecule has 0 radical (unpaired) electrons. The minimum Gasteiger partial charge on any atom is -0.497 e. The maximum Gasteiger partial charge on any atom is 0.186 e. The molecule has 0 spiro atoms. The number of benzene rings is 2. The van der Waals surface area contributed by atoms with E-state index in [1.807, 2.05) is 60.7 Å². The highest BCUT2D eigenvalue weighted by Crippen LogP contribution is 2.20. The Hall–Kier alpha value is -3.07. The molecule has 3 rings (SSSR count). The van der Waals surface area contributed by atoms with Crippen molar-refractivity contribution >= 4 is 12.2 Å². The normalized spacial score (nSPS) is 10.8. The van der Waals surface area contributed by atoms with Crippen LogP contribution < -0.4 is 10.2 Å². The Labute approximate surface area is 134 Å². The van der Waals surface area contributed by atoms with Crippen LogP contribution in [0.25, 0.3) is 23.5 Å². The number of rotatable bonds is 4. The number of methoxy groups -OCH3 is 1. The van der Waals surface area contributed by atoms with Gasteiger partial charge in [0.05, 0.1) is 7.11 Å². The van der Waals surface area contributed by atoms with Crippen LogP contribution in [-0.2, 0) is 0 Å². The van der Waals surface area contributed by atoms with Crippen LogP contribution in [0.1, 0.15) is 11.3 Å². The molecule has 1 aromatic heterocycles. The molecule has 0 bridgehead atoms. The molecule has 0 saturated heterocycles. The Kier molecular flexibility index (Phi) is 4.39. The summed E-state index contributed by atoms with van der Waals surface area (Å²) in [6.07, 6.45) is 3.68. The molecule has 0 amide bonds. The van der Waals surface area contributed by atoms with Gasteiger partial charge in [-0.15, -0.1) is 0 Å². The lowest BCUT2D eigenvalue weighted by Crippen LogP contribution is -1.98. The third-order valence-corrected chi connectivity index (χ3v) is 3.40. The third kappa shape index (κ3) is 3.77. The maximum absolute atomic E-state index is 11.9. The zero-order chi connectivity index (χ0) is 16.1. The minimum atomic E-state index is -0.0792. The fourth-order valence-electron chi connectivity index (χ4n) is 2.22. The Morgan fingerprint density at radius 3 is 2.35 bits per heavy atom. The molecule has 2 aromatic carbocycles. The van der Waals surface area contributed by atoms with Crippen molar-refractivity contribution in [3.05, 3.63) is 88.3 Å². The SMILES string of the molecule is COc1ccc(/C=C/c2cc(=O)cc(-c3ccccc3)o2)cc1. The van der Waals surface area contributed by atoms with E-state index in [1.165, 1.54) is 12.1 Å². The summed E-state index contributed by atoms with van der Waals surface area (Å²) in [5.74, 6) is 1.89. The Bertz CT molecular complexity index is 859. The van der Waals surface area contributed by atoms with Crippen molar-refractivity contribution in [1.29, 1.82) is 0 Å². The van der Waals surface area contributed by atoms with Crippen molar-refractivity contribution < 1.29 is 9.15 Å². The molecule has 1 heterocycles. The summed E-state index contributed by atoms with van der Waals surface area (Å²) in [6.45, 7) is 0. The van der Waals surface area contributed by atoms with E-state index in [0.29, 0.717) is 11.5 Å². The van der Waals surface area contributed by atoms with Gasteiger partial charge in [0, 0.05) is 17.7 Å². The molecule has 0 aliphatic rings. The molecule has 114 valence electrons. The summed E-state index contributed by atoms with van der Waals surface area (Å²) in [4.78, 5) is 11.9. The topological polar surface area (TPSA) is 39.4 Å². The molecule has 0 aliphatic heterocycles. The van der Waals surface area contributed by atoms with Gasteiger partial charge in [0.15, 0.2) is 5.43 Å². The Balaban J connectivity index is 1.89. The number of ether oxygens (including phenoxy) is 1. The maximum atomic E-state index is 11.9. The first-order valence-electron chi connectivity index (χ1n) is 7.27. The monoisotopic (exact) mass is 304 g/mol. The number of hydrogen-bond acceptors (Lipinski definition) is 3. The average Bonchev–Trinajstić information content (AvgIpc) is 2.61. The molecule has 0 atom stereocenters. The fraction of sp³-hybridized carbons (Fsp3) is 0.0500. The summed E-state index contributed by atoms with van der Waals surface area (Å²) >= 11 is 0. The smallest absolute Gasteiger partial charge is 0.186 e. The van der Waals surface area contributed by atoms with Crippen LogP contribution in [0, 0.1) is 0 Å². The first-order chi connectivity index (χ1) is 11.2. The lowest BCUT2D eigenvalue weighted by Gasteiger charge is -2.02. The molecule has 3 aromatic rings. The van der Waals surface area contributed by atoms with Crippen molar-refractivity contribution in [3.8, 4) is 17.1 Å². The van der Waals surface area contributed by atoms with Gasteiger partial charge in [0.25, 0.3) is 0 Å². The highest BCUT2D eigenvalue weighted by Gasteiger charge is 2.02. The summed E-state index contributed by atoms with van der Waals surface area (Å²) in [7, 11) is 1.63. The van der Waals surface area contributed by atoms with E-state index < -0.39 is 0 Å². The first kappa shape index (κ1) is 14.9. The third-order valence-electron chi connectivity index (χ3n) is 3.40. The lowest BCUT2D eigenvalue weighted by atomic mass is 10.1. The molecule has 0 N–H and O–H groups in total. The minimum absolute atomic E-state index is 0.0792. The van der Waals surface area contributed by atoms with Gasteiger partial charge in [0.2, 0.25) is 0 Å². The first-order valence-corrected chi connectivity index (χ1v) is 7.27. The van der Waals surface area contributed by atoms with Gasteiger partial charge in [-0.25, -0.2) is 0 Å². The summed E-state index contributed by atoms with van der Waals surface area (Å²) < 4.78 is 10.9. The van der Waals surface area contributed by atoms with Crippen LogP contribution in [0.3, 0.4) is 0 Å². The lowest BCUT2D eigenvalue weighted by molar-refractivity contribution is 0.415. The van der Waals surface area contributed by atoms with Crippen LogP contribution in [0.15, 0.2) is 75.9 Å². The molecule has 0 fully saturated rings. The predicted molar refractivity (Wildman–Crippen MR) is 92.3 cm³/mol. The van der Waals surface area contributed by atoms with Crippen molar-refractivity contribution in [3.63, 3.8) is 0 Å². The van der Waals surface area contributed by atoms with E-state index >= 15 is 0 Å². The van der Waals surface area contributed by atoms with Crippen molar-refractivity contribution in [2.45, 2.75) is 0 Å². The van der Waals surface area contributed by atoms with E-state index in [0.717, 1.165) is 16.9 Å². The van der Waals surface area contributed by atoms with Crippen LogP contribution >= 0.6 is 0 Å².